The van der Waals surface area contributed by atoms with Crippen LogP contribution < -0.4 is 0 Å². The van der Waals surface area contributed by atoms with Gasteiger partial charge in [0.1, 0.15) is 0 Å². The van der Waals surface area contributed by atoms with E-state index in [1.54, 1.807) is 0 Å². The third-order valence-electron chi connectivity index (χ3n) is 1.91. The summed E-state index contributed by atoms with van der Waals surface area (Å²) in [5.41, 5.74) is 0. The van der Waals surface area contributed by atoms with Crippen LogP contribution >= 0.6 is 0 Å². The van der Waals surface area contributed by atoms with Crippen LogP contribution in [0, 0.1) is 10.1 Å². The molecule has 0 unspecified atom stereocenters. The van der Waals surface area contributed by atoms with E-state index in [9.17, 15) is 49.6 Å². The summed E-state index contributed by atoms with van der Waals surface area (Å²) in [4.78, 5) is 7.91. The van der Waals surface area contributed by atoms with Crippen molar-refractivity contribution in [2.24, 2.45) is 0 Å². The first-order valence-corrected chi connectivity index (χ1v) is 4.09. The Kier molecular flexibility index (Phi) is 4.37. The Morgan fingerprint density at radius 2 is 1.32 bits per heavy atom. The average Bonchev–Trinajstić information content (AvgIpc) is 2.13. The van der Waals surface area contributed by atoms with Gasteiger partial charge in [0, 0.05) is 4.92 Å². The lowest BCUT2D eigenvalue weighted by molar-refractivity contribution is -0.505. The summed E-state index contributed by atoms with van der Waals surface area (Å²) in [6.45, 7) is -2.34. The normalized spacial score (nSPS) is 16.3. The van der Waals surface area contributed by atoms with Gasteiger partial charge in [0.25, 0.3) is 0 Å². The van der Waals surface area contributed by atoms with Crippen molar-refractivity contribution in [1.82, 2.24) is 0 Å². The molecule has 0 aliphatic carbocycles. The van der Waals surface area contributed by atoms with E-state index in [0.29, 0.717) is 0 Å². The van der Waals surface area contributed by atoms with Crippen molar-refractivity contribution in [3.63, 3.8) is 0 Å². The molecule has 1 atom stereocenters. The van der Waals surface area contributed by atoms with E-state index >= 15 is 0 Å². The summed E-state index contributed by atoms with van der Waals surface area (Å²) in [6.07, 6.45) is -11.1. The minimum Gasteiger partial charge on any atom is -0.380 e. The highest BCUT2D eigenvalue weighted by Crippen LogP contribution is 2.53. The molecule has 0 fully saturated rings. The van der Waals surface area contributed by atoms with Crippen molar-refractivity contribution in [3.05, 3.63) is 10.1 Å². The van der Waals surface area contributed by atoms with Crippen LogP contribution in [0.3, 0.4) is 0 Å². The summed E-state index contributed by atoms with van der Waals surface area (Å²) in [5.74, 6) is -20.6. The second kappa shape index (κ2) is 4.68. The fourth-order valence-electron chi connectivity index (χ4n) is 0.852. The molecule has 19 heavy (non-hydrogen) atoms. The van der Waals surface area contributed by atoms with Gasteiger partial charge >= 0.3 is 23.9 Å². The highest BCUT2D eigenvalue weighted by atomic mass is 19.4. The molecule has 4 nitrogen and oxygen atoms in total. The molecule has 0 radical (unpaired) electrons. The number of nitrogens with zero attached hydrogens (tertiary/aromatic N) is 1. The number of hydrogen-bond donors (Lipinski definition) is 1. The van der Waals surface area contributed by atoms with Gasteiger partial charge in [-0.05, 0) is 0 Å². The SMILES string of the molecule is O=[N+]([O-])C[C@@H](O)C(F)(F)C(F)(F)C(F)(F)C(F)(F)F. The molecule has 0 bridgehead atoms. The highest BCUT2D eigenvalue weighted by molar-refractivity contribution is 5.03. The molecule has 0 aromatic heterocycles. The molecule has 0 spiro atoms. The Balaban J connectivity index is 5.56. The van der Waals surface area contributed by atoms with E-state index in [1.807, 2.05) is 0 Å². The van der Waals surface area contributed by atoms with Crippen molar-refractivity contribution in [1.29, 1.82) is 0 Å². The standard InChI is InChI=1S/C6H4F9NO3/c7-3(8,2(17)1-16(18)19)4(9,10)5(11,12)6(13,14)15/h2,17H,1H2/t2-/m1/s1. The van der Waals surface area contributed by atoms with Gasteiger partial charge in [-0.1, -0.05) is 0 Å². The number of aliphatic hydroxyl groups is 1. The fraction of sp³-hybridized carbons (Fsp3) is 1.00. The molecule has 0 saturated heterocycles. The van der Waals surface area contributed by atoms with Crippen LogP contribution in [-0.4, -0.2) is 46.6 Å². The highest BCUT2D eigenvalue weighted by Gasteiger charge is 2.83. The summed E-state index contributed by atoms with van der Waals surface area (Å²) < 4.78 is 110. The minimum absolute atomic E-state index is 1.78. The molecular weight excluding hydrogens is 305 g/mol. The van der Waals surface area contributed by atoms with Gasteiger partial charge in [0.05, 0.1) is 0 Å². The lowest BCUT2D eigenvalue weighted by Gasteiger charge is -2.34. The lowest BCUT2D eigenvalue weighted by Crippen LogP contribution is -2.65. The molecule has 0 aliphatic rings. The number of aliphatic hydroxyl groups excluding tert-OH is 1. The zero-order valence-corrected chi connectivity index (χ0v) is 8.40. The summed E-state index contributed by atoms with van der Waals surface area (Å²) in [7, 11) is 0. The zero-order chi connectivity index (χ0) is 15.9. The predicted molar refractivity (Wildman–Crippen MR) is 38.8 cm³/mol. The maximum Gasteiger partial charge on any atom is 0.460 e. The van der Waals surface area contributed by atoms with Crippen molar-refractivity contribution in [2.45, 2.75) is 30.0 Å². The number of nitro groups is 1. The summed E-state index contributed by atoms with van der Waals surface area (Å²) >= 11 is 0. The average molecular weight is 309 g/mol. The summed E-state index contributed by atoms with van der Waals surface area (Å²) in [5, 5.41) is 18.0. The molecule has 114 valence electrons. The van der Waals surface area contributed by atoms with Crippen LogP contribution in [0.25, 0.3) is 0 Å². The third-order valence-corrected chi connectivity index (χ3v) is 1.91. The Hall–Kier alpha value is -1.27. The monoisotopic (exact) mass is 309 g/mol. The molecule has 0 heterocycles. The number of hydrogen-bond acceptors (Lipinski definition) is 3. The first kappa shape index (κ1) is 17.7. The molecule has 0 aliphatic heterocycles. The van der Waals surface area contributed by atoms with Gasteiger partial charge in [-0.3, -0.25) is 10.1 Å². The van der Waals surface area contributed by atoms with Gasteiger partial charge in [-0.2, -0.15) is 39.5 Å². The van der Waals surface area contributed by atoms with Gasteiger partial charge < -0.3 is 5.11 Å². The Morgan fingerprint density at radius 3 is 1.58 bits per heavy atom. The van der Waals surface area contributed by atoms with Crippen LogP contribution in [0.2, 0.25) is 0 Å². The molecule has 0 aromatic rings. The largest absolute Gasteiger partial charge is 0.460 e. The predicted octanol–water partition coefficient (Wildman–Crippen LogP) is 2.09. The Morgan fingerprint density at radius 1 is 0.947 bits per heavy atom. The van der Waals surface area contributed by atoms with Crippen molar-refractivity contribution >= 4 is 0 Å². The molecule has 0 rings (SSSR count). The van der Waals surface area contributed by atoms with Gasteiger partial charge in [-0.25, -0.2) is 0 Å². The maximum absolute atomic E-state index is 12.7. The second-order valence-electron chi connectivity index (χ2n) is 3.30. The molecule has 0 amide bonds. The molecule has 0 aromatic carbocycles. The number of alkyl halides is 9. The van der Waals surface area contributed by atoms with E-state index in [0.717, 1.165) is 0 Å². The van der Waals surface area contributed by atoms with Gasteiger partial charge in [0.2, 0.25) is 6.54 Å². The second-order valence-corrected chi connectivity index (χ2v) is 3.30. The van der Waals surface area contributed by atoms with E-state index in [-0.39, 0.29) is 0 Å². The molecular formula is C6H4F9NO3. The third kappa shape index (κ3) is 2.84. The maximum atomic E-state index is 12.7. The first-order valence-electron chi connectivity index (χ1n) is 4.09. The van der Waals surface area contributed by atoms with Crippen LogP contribution in [0.5, 0.6) is 0 Å². The van der Waals surface area contributed by atoms with Crippen LogP contribution in [0.1, 0.15) is 0 Å². The van der Waals surface area contributed by atoms with Crippen LogP contribution in [0.15, 0.2) is 0 Å². The van der Waals surface area contributed by atoms with E-state index < -0.39 is 41.5 Å². The number of rotatable bonds is 5. The lowest BCUT2D eigenvalue weighted by atomic mass is 9.99. The smallest absolute Gasteiger partial charge is 0.380 e. The van der Waals surface area contributed by atoms with Gasteiger partial charge in [-0.15, -0.1) is 0 Å². The fourth-order valence-corrected chi connectivity index (χ4v) is 0.852. The van der Waals surface area contributed by atoms with Crippen LogP contribution in [0.4, 0.5) is 39.5 Å². The van der Waals surface area contributed by atoms with E-state index in [2.05, 4.69) is 0 Å². The first-order chi connectivity index (χ1) is 8.09. The zero-order valence-electron chi connectivity index (χ0n) is 8.40. The van der Waals surface area contributed by atoms with Crippen molar-refractivity contribution in [3.8, 4) is 0 Å². The molecule has 0 saturated carbocycles. The Labute approximate surface area is 97.5 Å². The van der Waals surface area contributed by atoms with Crippen LogP contribution in [-0.2, 0) is 0 Å². The van der Waals surface area contributed by atoms with Crippen molar-refractivity contribution < 1.29 is 49.5 Å². The minimum atomic E-state index is -7.18. The van der Waals surface area contributed by atoms with Crippen molar-refractivity contribution in [2.75, 3.05) is 6.54 Å². The van der Waals surface area contributed by atoms with Gasteiger partial charge in [0.15, 0.2) is 6.10 Å². The Bertz CT molecular complexity index is 352. The van der Waals surface area contributed by atoms with E-state index in [1.165, 1.54) is 0 Å². The number of halogens is 9. The summed E-state index contributed by atoms with van der Waals surface area (Å²) in [6, 6.07) is 0. The van der Waals surface area contributed by atoms with E-state index in [4.69, 9.17) is 5.11 Å². The quantitative estimate of drug-likeness (QED) is 0.480. The topological polar surface area (TPSA) is 63.4 Å². The molecule has 1 N–H and O–H groups in total. The molecule has 13 heteroatoms.